The van der Waals surface area contributed by atoms with E-state index in [9.17, 15) is 9.59 Å². The van der Waals surface area contributed by atoms with E-state index in [2.05, 4.69) is 4.42 Å². The molecule has 2 rings (SSSR count). The van der Waals surface area contributed by atoms with Crippen LogP contribution in [-0.2, 0) is 6.61 Å². The van der Waals surface area contributed by atoms with Crippen molar-refractivity contribution in [3.05, 3.63) is 44.6 Å². The Balaban J connectivity index is 2.90. The second kappa shape index (κ2) is 3.12. The summed E-state index contributed by atoms with van der Waals surface area (Å²) in [4.78, 5) is 22.1. The number of hydrogen-bond acceptors (Lipinski definition) is 5. The summed E-state index contributed by atoms with van der Waals surface area (Å²) in [6.45, 7) is -0.371. The van der Waals surface area contributed by atoms with Crippen LogP contribution in [0, 0.1) is 0 Å². The molecular weight excluding hydrogens is 188 g/mol. The van der Waals surface area contributed by atoms with E-state index in [1.54, 1.807) is 0 Å². The quantitative estimate of drug-likeness (QED) is 0.703. The Morgan fingerprint density at radius 1 is 1.21 bits per heavy atom. The first-order valence-corrected chi connectivity index (χ1v) is 3.88. The summed E-state index contributed by atoms with van der Waals surface area (Å²) in [6, 6.07) is 3.57. The van der Waals surface area contributed by atoms with Gasteiger partial charge in [0.25, 0.3) is 0 Å². The molecule has 0 aliphatic rings. The fourth-order valence-electron chi connectivity index (χ4n) is 1.12. The van der Waals surface area contributed by atoms with Crippen molar-refractivity contribution in [2.24, 2.45) is 0 Å². The Kier molecular flexibility index (Phi) is 1.94. The third-order valence-corrected chi connectivity index (χ3v) is 1.71. The van der Waals surface area contributed by atoms with Gasteiger partial charge >= 0.3 is 5.63 Å². The lowest BCUT2D eigenvalue weighted by molar-refractivity contribution is 0.248. The van der Waals surface area contributed by atoms with Gasteiger partial charge in [-0.05, 0) is 6.07 Å². The van der Waals surface area contributed by atoms with E-state index in [-0.39, 0.29) is 23.5 Å². The molecule has 0 amide bonds. The minimum absolute atomic E-state index is 0.130. The van der Waals surface area contributed by atoms with Gasteiger partial charge in [-0.15, -0.1) is 0 Å². The topological polar surface area (TPSA) is 80.6 Å². The maximum Gasteiger partial charge on any atom is 0.336 e. The van der Waals surface area contributed by atoms with Crippen molar-refractivity contribution >= 4 is 11.2 Å². The third-order valence-electron chi connectivity index (χ3n) is 1.71. The molecule has 14 heavy (non-hydrogen) atoms. The van der Waals surface area contributed by atoms with E-state index < -0.39 is 11.1 Å². The van der Waals surface area contributed by atoms with Gasteiger partial charge in [-0.1, -0.05) is 0 Å². The number of hydrogen-bond donors (Lipinski definition) is 1. The van der Waals surface area contributed by atoms with Crippen LogP contribution in [0.5, 0.6) is 0 Å². The molecule has 0 atom stereocenters. The highest BCUT2D eigenvalue weighted by molar-refractivity contribution is 5.68. The normalized spacial score (nSPS) is 10.6. The van der Waals surface area contributed by atoms with Gasteiger partial charge in [0, 0.05) is 12.1 Å². The number of aliphatic hydroxyl groups excluding tert-OH is 1. The van der Waals surface area contributed by atoms with Gasteiger partial charge in [0.1, 0.15) is 12.4 Å². The summed E-state index contributed by atoms with van der Waals surface area (Å²) in [5, 5.41) is 8.75. The van der Waals surface area contributed by atoms with Crippen LogP contribution in [0.2, 0.25) is 0 Å². The highest BCUT2D eigenvalue weighted by Crippen LogP contribution is 2.09. The van der Waals surface area contributed by atoms with Crippen LogP contribution >= 0.6 is 0 Å². The molecule has 0 bridgehead atoms. The van der Waals surface area contributed by atoms with Gasteiger partial charge in [-0.25, -0.2) is 4.79 Å². The lowest BCUT2D eigenvalue weighted by Crippen LogP contribution is -2.06. The fourth-order valence-corrected chi connectivity index (χ4v) is 1.12. The lowest BCUT2D eigenvalue weighted by atomic mass is 10.3. The minimum atomic E-state index is -0.610. The molecule has 0 saturated carbocycles. The Bertz CT molecular complexity index is 578. The van der Waals surface area contributed by atoms with E-state index in [1.807, 2.05) is 0 Å². The standard InChI is InChI=1S/C9H6O5/c10-4-5-3-6(11)9-7(13-5)1-2-8(12)14-9/h1-3,10H,4H2. The zero-order valence-corrected chi connectivity index (χ0v) is 7.02. The zero-order chi connectivity index (χ0) is 10.1. The van der Waals surface area contributed by atoms with Gasteiger partial charge < -0.3 is 13.9 Å². The summed E-state index contributed by atoms with van der Waals surface area (Å²) >= 11 is 0. The zero-order valence-electron chi connectivity index (χ0n) is 7.02. The average molecular weight is 194 g/mol. The average Bonchev–Trinajstić information content (AvgIpc) is 2.19. The smallest absolute Gasteiger partial charge is 0.336 e. The van der Waals surface area contributed by atoms with Crippen molar-refractivity contribution in [2.45, 2.75) is 6.61 Å². The number of aliphatic hydroxyl groups is 1. The predicted octanol–water partition coefficient (Wildman–Crippen LogP) is 0.238. The highest BCUT2D eigenvalue weighted by Gasteiger charge is 2.06. The van der Waals surface area contributed by atoms with E-state index in [0.717, 1.165) is 12.1 Å². The van der Waals surface area contributed by atoms with E-state index in [4.69, 9.17) is 9.52 Å². The molecule has 5 heteroatoms. The molecule has 0 spiro atoms. The highest BCUT2D eigenvalue weighted by atomic mass is 16.4. The monoisotopic (exact) mass is 194 g/mol. The maximum absolute atomic E-state index is 11.3. The van der Waals surface area contributed by atoms with Gasteiger partial charge in [0.2, 0.25) is 11.0 Å². The van der Waals surface area contributed by atoms with Crippen molar-refractivity contribution in [1.29, 1.82) is 0 Å². The molecule has 2 aromatic heterocycles. The van der Waals surface area contributed by atoms with E-state index in [0.29, 0.717) is 0 Å². The maximum atomic E-state index is 11.3. The van der Waals surface area contributed by atoms with Crippen molar-refractivity contribution in [1.82, 2.24) is 0 Å². The van der Waals surface area contributed by atoms with Gasteiger partial charge in [0.15, 0.2) is 5.58 Å². The Morgan fingerprint density at radius 2 is 2.00 bits per heavy atom. The van der Waals surface area contributed by atoms with Crippen LogP contribution in [0.1, 0.15) is 5.76 Å². The largest absolute Gasteiger partial charge is 0.455 e. The second-order valence-electron chi connectivity index (χ2n) is 2.68. The molecule has 0 aliphatic carbocycles. The molecule has 5 nitrogen and oxygen atoms in total. The molecular formula is C9H6O5. The molecule has 72 valence electrons. The summed E-state index contributed by atoms with van der Waals surface area (Å²) < 4.78 is 9.71. The van der Waals surface area contributed by atoms with Crippen LogP contribution < -0.4 is 11.1 Å². The van der Waals surface area contributed by atoms with Crippen molar-refractivity contribution in [3.63, 3.8) is 0 Å². The van der Waals surface area contributed by atoms with Crippen molar-refractivity contribution in [3.8, 4) is 0 Å². The second-order valence-corrected chi connectivity index (χ2v) is 2.68. The molecule has 2 heterocycles. The van der Waals surface area contributed by atoms with E-state index >= 15 is 0 Å². The molecule has 0 aliphatic heterocycles. The molecule has 0 fully saturated rings. The molecule has 0 unspecified atom stereocenters. The molecule has 2 aromatic rings. The SMILES string of the molecule is O=c1ccc2oc(CO)cc(=O)c2o1. The Morgan fingerprint density at radius 3 is 2.71 bits per heavy atom. The van der Waals surface area contributed by atoms with Crippen LogP contribution in [-0.4, -0.2) is 5.11 Å². The van der Waals surface area contributed by atoms with Gasteiger partial charge in [-0.2, -0.15) is 0 Å². The molecule has 1 N–H and O–H groups in total. The van der Waals surface area contributed by atoms with Gasteiger partial charge in [0.05, 0.1) is 0 Å². The first kappa shape index (κ1) is 8.71. The van der Waals surface area contributed by atoms with Gasteiger partial charge in [-0.3, -0.25) is 4.79 Å². The summed E-state index contributed by atoms with van der Waals surface area (Å²) in [6.07, 6.45) is 0. The van der Waals surface area contributed by atoms with Crippen LogP contribution in [0.15, 0.2) is 36.6 Å². The van der Waals surface area contributed by atoms with Crippen LogP contribution in [0.25, 0.3) is 11.2 Å². The summed E-state index contributed by atoms with van der Waals surface area (Å²) in [5.41, 5.74) is -1.06. The third kappa shape index (κ3) is 1.33. The first-order valence-electron chi connectivity index (χ1n) is 3.88. The summed E-state index contributed by atoms with van der Waals surface area (Å²) in [5.74, 6) is 0.136. The lowest BCUT2D eigenvalue weighted by Gasteiger charge is -1.97. The number of fused-ring (bicyclic) bond motifs is 1. The fraction of sp³-hybridized carbons (Fsp3) is 0.111. The number of rotatable bonds is 1. The minimum Gasteiger partial charge on any atom is -0.455 e. The Labute approximate surface area is 77.2 Å². The van der Waals surface area contributed by atoms with Crippen molar-refractivity contribution in [2.75, 3.05) is 0 Å². The molecule has 0 aromatic carbocycles. The van der Waals surface area contributed by atoms with Crippen LogP contribution in [0.4, 0.5) is 0 Å². The van der Waals surface area contributed by atoms with E-state index in [1.165, 1.54) is 6.07 Å². The molecule has 0 radical (unpaired) electrons. The first-order chi connectivity index (χ1) is 6.70. The predicted molar refractivity (Wildman–Crippen MR) is 46.9 cm³/mol. The summed E-state index contributed by atoms with van der Waals surface area (Å²) in [7, 11) is 0. The van der Waals surface area contributed by atoms with Crippen LogP contribution in [0.3, 0.4) is 0 Å². The Hall–Kier alpha value is -1.88. The van der Waals surface area contributed by atoms with Crippen molar-refractivity contribution < 1.29 is 13.9 Å². The molecule has 0 saturated heterocycles.